The summed E-state index contributed by atoms with van der Waals surface area (Å²) in [4.78, 5) is 29.8. The van der Waals surface area contributed by atoms with E-state index in [0.29, 0.717) is 17.8 Å². The third-order valence-corrected chi connectivity index (χ3v) is 4.22. The third-order valence-electron chi connectivity index (χ3n) is 3.00. The number of hydrogen-bond donors (Lipinski definition) is 0. The fourth-order valence-electron chi connectivity index (χ4n) is 2.22. The molecule has 1 aromatic carbocycles. The van der Waals surface area contributed by atoms with E-state index in [1.165, 1.54) is 16.2 Å². The molecule has 19 heavy (non-hydrogen) atoms. The third kappa shape index (κ3) is 2.01. The molecule has 0 N–H and O–H groups in total. The Morgan fingerprint density at radius 3 is 2.84 bits per heavy atom. The number of anilines is 1. The van der Waals surface area contributed by atoms with Gasteiger partial charge in [-0.15, -0.1) is 11.3 Å². The number of thiazole rings is 1. The van der Waals surface area contributed by atoms with E-state index < -0.39 is 11.7 Å². The molecule has 0 radical (unpaired) electrons. The summed E-state index contributed by atoms with van der Waals surface area (Å²) < 4.78 is 0.806. The normalized spacial score (nSPS) is 14.1. The monoisotopic (exact) mass is 336 g/mol. The van der Waals surface area contributed by atoms with E-state index in [4.69, 9.17) is 0 Å². The van der Waals surface area contributed by atoms with Gasteiger partial charge in [-0.3, -0.25) is 14.5 Å². The second-order valence-corrected chi connectivity index (χ2v) is 6.16. The van der Waals surface area contributed by atoms with Crippen molar-refractivity contribution >= 4 is 44.6 Å². The van der Waals surface area contributed by atoms with Crippen molar-refractivity contribution in [1.29, 1.82) is 0 Å². The molecular weight excluding hydrogens is 328 g/mol. The highest BCUT2D eigenvalue weighted by Crippen LogP contribution is 2.36. The Balaban J connectivity index is 2.09. The van der Waals surface area contributed by atoms with Crippen LogP contribution >= 0.6 is 27.3 Å². The average Bonchev–Trinajstić information content (AvgIpc) is 2.93. The molecule has 2 heterocycles. The van der Waals surface area contributed by atoms with E-state index in [0.717, 1.165) is 15.0 Å². The Kier molecular flexibility index (Phi) is 2.99. The predicted molar refractivity (Wildman–Crippen MR) is 76.5 cm³/mol. The van der Waals surface area contributed by atoms with E-state index in [1.807, 2.05) is 18.4 Å². The van der Waals surface area contributed by atoms with Gasteiger partial charge in [-0.1, -0.05) is 15.9 Å². The van der Waals surface area contributed by atoms with Crippen LogP contribution in [0.1, 0.15) is 20.9 Å². The van der Waals surface area contributed by atoms with Crippen LogP contribution in [-0.2, 0) is 11.3 Å². The minimum Gasteiger partial charge on any atom is -0.298 e. The molecule has 3 rings (SSSR count). The Hall–Kier alpha value is -1.53. The summed E-state index contributed by atoms with van der Waals surface area (Å²) in [6.07, 6.45) is 1.69. The van der Waals surface area contributed by atoms with Gasteiger partial charge in [0.15, 0.2) is 0 Å². The van der Waals surface area contributed by atoms with Gasteiger partial charge in [-0.25, -0.2) is 4.98 Å². The van der Waals surface area contributed by atoms with Crippen LogP contribution in [-0.4, -0.2) is 16.7 Å². The average molecular weight is 337 g/mol. The summed E-state index contributed by atoms with van der Waals surface area (Å²) in [5, 5.41) is 2.67. The van der Waals surface area contributed by atoms with Gasteiger partial charge >= 0.3 is 0 Å². The van der Waals surface area contributed by atoms with Crippen LogP contribution in [0.4, 0.5) is 5.69 Å². The van der Waals surface area contributed by atoms with Crippen molar-refractivity contribution < 1.29 is 9.59 Å². The molecule has 4 nitrogen and oxygen atoms in total. The number of halogens is 1. The molecule has 0 atom stereocenters. The quantitative estimate of drug-likeness (QED) is 0.792. The molecule has 1 aliphatic heterocycles. The smallest absolute Gasteiger partial charge is 0.298 e. The first-order chi connectivity index (χ1) is 9.08. The van der Waals surface area contributed by atoms with Gasteiger partial charge in [0.1, 0.15) is 5.01 Å². The summed E-state index contributed by atoms with van der Waals surface area (Å²) in [5.41, 5.74) is 2.07. The number of carbonyl (C=O) groups excluding carboxylic acids is 2. The number of carbonyl (C=O) groups is 2. The van der Waals surface area contributed by atoms with Crippen molar-refractivity contribution in [3.63, 3.8) is 0 Å². The van der Waals surface area contributed by atoms with Gasteiger partial charge in [0.2, 0.25) is 0 Å². The van der Waals surface area contributed by atoms with Crippen molar-refractivity contribution in [3.8, 4) is 0 Å². The number of ketones is 1. The first-order valence-corrected chi connectivity index (χ1v) is 7.30. The van der Waals surface area contributed by atoms with Gasteiger partial charge in [0, 0.05) is 16.0 Å². The Bertz CT molecular complexity index is 682. The molecule has 0 aliphatic carbocycles. The Morgan fingerprint density at radius 1 is 1.37 bits per heavy atom. The largest absolute Gasteiger partial charge is 0.299 e. The van der Waals surface area contributed by atoms with Crippen LogP contribution in [0.15, 0.2) is 28.2 Å². The molecule has 1 aliphatic rings. The minimum absolute atomic E-state index is 0.345. The summed E-state index contributed by atoms with van der Waals surface area (Å²) in [6.45, 7) is 2.24. The number of aryl methyl sites for hydroxylation is 1. The van der Waals surface area contributed by atoms with Crippen LogP contribution in [0, 0.1) is 6.92 Å². The predicted octanol–water partition coefficient (Wildman–Crippen LogP) is 2.94. The van der Waals surface area contributed by atoms with E-state index in [-0.39, 0.29) is 0 Å². The fraction of sp³-hybridized carbons (Fsp3) is 0.154. The lowest BCUT2D eigenvalue weighted by molar-refractivity contribution is -0.114. The molecule has 1 amide bonds. The highest BCUT2D eigenvalue weighted by Gasteiger charge is 2.37. The molecule has 1 aromatic heterocycles. The molecule has 0 saturated carbocycles. The van der Waals surface area contributed by atoms with Crippen molar-refractivity contribution in [1.82, 2.24) is 4.98 Å². The maximum absolute atomic E-state index is 12.1. The molecule has 0 bridgehead atoms. The molecule has 96 valence electrons. The van der Waals surface area contributed by atoms with Crippen molar-refractivity contribution in [3.05, 3.63) is 44.3 Å². The first kappa shape index (κ1) is 12.5. The molecule has 6 heteroatoms. The lowest BCUT2D eigenvalue weighted by Crippen LogP contribution is -2.29. The molecule has 0 spiro atoms. The van der Waals surface area contributed by atoms with Crippen molar-refractivity contribution in [2.45, 2.75) is 13.5 Å². The zero-order chi connectivity index (χ0) is 13.6. The summed E-state index contributed by atoms with van der Waals surface area (Å²) in [6, 6.07) is 3.60. The maximum Gasteiger partial charge on any atom is 0.299 e. The lowest BCUT2D eigenvalue weighted by Gasteiger charge is -2.17. The zero-order valence-corrected chi connectivity index (χ0v) is 12.4. The summed E-state index contributed by atoms with van der Waals surface area (Å²) >= 11 is 4.82. The Morgan fingerprint density at radius 2 is 2.16 bits per heavy atom. The van der Waals surface area contributed by atoms with E-state index in [2.05, 4.69) is 20.9 Å². The molecule has 0 fully saturated rings. The molecular formula is C13H9BrN2O2S. The minimum atomic E-state index is -0.480. The van der Waals surface area contributed by atoms with Gasteiger partial charge in [0.25, 0.3) is 11.7 Å². The van der Waals surface area contributed by atoms with Gasteiger partial charge in [-0.2, -0.15) is 0 Å². The van der Waals surface area contributed by atoms with Crippen molar-refractivity contribution in [2.75, 3.05) is 4.90 Å². The number of hydrogen-bond acceptors (Lipinski definition) is 4. The highest BCUT2D eigenvalue weighted by atomic mass is 79.9. The second kappa shape index (κ2) is 4.54. The number of nitrogens with zero attached hydrogens (tertiary/aromatic N) is 2. The number of aromatic nitrogens is 1. The number of rotatable bonds is 2. The van der Waals surface area contributed by atoms with Gasteiger partial charge < -0.3 is 0 Å². The van der Waals surface area contributed by atoms with E-state index in [9.17, 15) is 9.59 Å². The molecule has 0 saturated heterocycles. The maximum atomic E-state index is 12.1. The second-order valence-electron chi connectivity index (χ2n) is 4.27. The van der Waals surface area contributed by atoms with Gasteiger partial charge in [0.05, 0.1) is 17.8 Å². The topological polar surface area (TPSA) is 50.3 Å². The van der Waals surface area contributed by atoms with Crippen LogP contribution in [0.25, 0.3) is 0 Å². The number of benzene rings is 1. The highest BCUT2D eigenvalue weighted by molar-refractivity contribution is 9.10. The first-order valence-electron chi connectivity index (χ1n) is 5.62. The molecule has 0 unspecified atom stereocenters. The van der Waals surface area contributed by atoms with Crippen LogP contribution in [0.5, 0.6) is 0 Å². The van der Waals surface area contributed by atoms with Crippen LogP contribution < -0.4 is 4.90 Å². The zero-order valence-electron chi connectivity index (χ0n) is 10.0. The van der Waals surface area contributed by atoms with E-state index >= 15 is 0 Å². The fourth-order valence-corrected chi connectivity index (χ4v) is 3.40. The van der Waals surface area contributed by atoms with E-state index in [1.54, 1.807) is 12.3 Å². The summed E-state index contributed by atoms with van der Waals surface area (Å²) in [5.74, 6) is -0.928. The molecule has 2 aromatic rings. The van der Waals surface area contributed by atoms with Crippen LogP contribution in [0.2, 0.25) is 0 Å². The SMILES string of the molecule is Cc1cc(Br)cc2c1N(Cc1nccs1)C(=O)C2=O. The number of amides is 1. The van der Waals surface area contributed by atoms with Gasteiger partial charge in [-0.05, 0) is 24.6 Å². The summed E-state index contributed by atoms with van der Waals surface area (Å²) in [7, 11) is 0. The Labute approximate surface area is 122 Å². The van der Waals surface area contributed by atoms with Crippen molar-refractivity contribution in [2.24, 2.45) is 0 Å². The van der Waals surface area contributed by atoms with Crippen LogP contribution in [0.3, 0.4) is 0 Å². The standard InChI is InChI=1S/C13H9BrN2O2S/c1-7-4-8(14)5-9-11(7)16(13(18)12(9)17)6-10-15-2-3-19-10/h2-5H,6H2,1H3. The number of fused-ring (bicyclic) bond motifs is 1. The lowest BCUT2D eigenvalue weighted by atomic mass is 10.1. The number of Topliss-reactive ketones (excluding diaryl/α,β-unsaturated/α-hetero) is 1.